The molecule has 0 bridgehead atoms. The molecule has 3 N–H and O–H groups in total. The number of halogens is 3. The number of hydrogen-bond donors (Lipinski definition) is 3. The van der Waals surface area contributed by atoms with Gasteiger partial charge in [-0.2, -0.15) is 0 Å². The lowest BCUT2D eigenvalue weighted by atomic mass is 10.1. The summed E-state index contributed by atoms with van der Waals surface area (Å²) in [4.78, 5) is 25.5. The van der Waals surface area contributed by atoms with Crippen LogP contribution in [0.3, 0.4) is 0 Å². The third-order valence-electron chi connectivity index (χ3n) is 4.07. The van der Waals surface area contributed by atoms with Gasteiger partial charge in [-0.25, -0.2) is 5.48 Å². The van der Waals surface area contributed by atoms with E-state index in [1.165, 1.54) is 30.3 Å². The summed E-state index contributed by atoms with van der Waals surface area (Å²) in [7, 11) is 0. The molecular weight excluding hydrogens is 379 g/mol. The number of fused-ring (bicyclic) bond motifs is 1. The Hall–Kier alpha value is -3.11. The summed E-state index contributed by atoms with van der Waals surface area (Å²) in [6, 6.07) is 9.99. The highest BCUT2D eigenvalue weighted by Gasteiger charge is 2.31. The van der Waals surface area contributed by atoms with Crippen LogP contribution in [0.25, 0.3) is 0 Å². The fourth-order valence-electron chi connectivity index (χ4n) is 2.91. The minimum Gasteiger partial charge on any atom is -0.406 e. The molecule has 0 unspecified atom stereocenters. The van der Waals surface area contributed by atoms with E-state index in [9.17, 15) is 22.8 Å². The van der Waals surface area contributed by atoms with Crippen LogP contribution in [0.1, 0.15) is 21.5 Å². The standard InChI is InChI=1S/C18H16F3N3O4/c19-18(20,21)28-14-4-1-11(2-5-14)8-24-9-13-7-12(17(26)23-27)3-6-15(13)22-16(25)10-24/h1-7,27H,8-10H2,(H,22,25)(H,23,26). The first-order valence-corrected chi connectivity index (χ1v) is 8.18. The Balaban J connectivity index is 1.76. The third kappa shape index (κ3) is 4.99. The number of amides is 2. The van der Waals surface area contributed by atoms with Crippen LogP contribution in [-0.4, -0.2) is 34.8 Å². The summed E-state index contributed by atoms with van der Waals surface area (Å²) in [6.07, 6.45) is -4.76. The maximum Gasteiger partial charge on any atom is 0.573 e. The van der Waals surface area contributed by atoms with E-state index < -0.39 is 12.3 Å². The summed E-state index contributed by atoms with van der Waals surface area (Å²) >= 11 is 0. The molecule has 0 radical (unpaired) electrons. The minimum absolute atomic E-state index is 0.0665. The van der Waals surface area contributed by atoms with Crippen LogP contribution in [0, 0.1) is 0 Å². The molecule has 0 spiro atoms. The van der Waals surface area contributed by atoms with Crippen LogP contribution in [-0.2, 0) is 17.9 Å². The molecule has 1 aliphatic rings. The first-order valence-electron chi connectivity index (χ1n) is 8.18. The zero-order valence-electron chi connectivity index (χ0n) is 14.4. The quantitative estimate of drug-likeness (QED) is 0.547. The Labute approximate surface area is 157 Å². The van der Waals surface area contributed by atoms with E-state index in [1.807, 2.05) is 0 Å². The Kier molecular flexibility index (Phi) is 5.52. The van der Waals surface area contributed by atoms with E-state index in [4.69, 9.17) is 5.21 Å². The van der Waals surface area contributed by atoms with Gasteiger partial charge in [0, 0.05) is 24.3 Å². The zero-order chi connectivity index (χ0) is 20.3. The van der Waals surface area contributed by atoms with Gasteiger partial charge in [-0.1, -0.05) is 12.1 Å². The van der Waals surface area contributed by atoms with Crippen molar-refractivity contribution in [2.24, 2.45) is 0 Å². The average molecular weight is 395 g/mol. The maximum atomic E-state index is 12.2. The Morgan fingerprint density at radius 1 is 1.18 bits per heavy atom. The zero-order valence-corrected chi connectivity index (χ0v) is 14.4. The largest absolute Gasteiger partial charge is 0.573 e. The number of benzene rings is 2. The molecule has 0 aliphatic carbocycles. The molecule has 0 fully saturated rings. The van der Waals surface area contributed by atoms with Crippen molar-refractivity contribution in [1.82, 2.24) is 10.4 Å². The fraction of sp³-hybridized carbons (Fsp3) is 0.222. The molecule has 2 amide bonds. The molecule has 10 heteroatoms. The van der Waals surface area contributed by atoms with Gasteiger partial charge < -0.3 is 10.1 Å². The fourth-order valence-corrected chi connectivity index (χ4v) is 2.91. The number of hydrogen-bond acceptors (Lipinski definition) is 5. The van der Waals surface area contributed by atoms with Crippen LogP contribution in [0.4, 0.5) is 18.9 Å². The number of ether oxygens (including phenoxy) is 1. The average Bonchev–Trinajstić information content (AvgIpc) is 2.78. The highest BCUT2D eigenvalue weighted by molar-refractivity contribution is 5.97. The first kappa shape index (κ1) is 19.6. The molecule has 1 aliphatic heterocycles. The van der Waals surface area contributed by atoms with Crippen molar-refractivity contribution in [3.8, 4) is 5.75 Å². The van der Waals surface area contributed by atoms with E-state index in [0.29, 0.717) is 29.9 Å². The van der Waals surface area contributed by atoms with Gasteiger partial charge in [-0.05, 0) is 41.5 Å². The van der Waals surface area contributed by atoms with Gasteiger partial charge >= 0.3 is 6.36 Å². The van der Waals surface area contributed by atoms with E-state index in [-0.39, 0.29) is 23.8 Å². The van der Waals surface area contributed by atoms with Crippen molar-refractivity contribution < 1.29 is 32.7 Å². The van der Waals surface area contributed by atoms with Gasteiger partial charge in [0.05, 0.1) is 6.54 Å². The van der Waals surface area contributed by atoms with Gasteiger partial charge in [-0.15, -0.1) is 13.2 Å². The van der Waals surface area contributed by atoms with Crippen molar-refractivity contribution >= 4 is 17.5 Å². The lowest BCUT2D eigenvalue weighted by molar-refractivity contribution is -0.274. The Bertz CT molecular complexity index is 885. The highest BCUT2D eigenvalue weighted by atomic mass is 19.4. The van der Waals surface area contributed by atoms with Crippen LogP contribution < -0.4 is 15.5 Å². The molecule has 0 saturated carbocycles. The summed E-state index contributed by atoms with van der Waals surface area (Å²) < 4.78 is 40.6. The number of anilines is 1. The molecule has 0 saturated heterocycles. The minimum atomic E-state index is -4.76. The van der Waals surface area contributed by atoms with E-state index in [1.54, 1.807) is 22.5 Å². The van der Waals surface area contributed by atoms with Crippen LogP contribution in [0.2, 0.25) is 0 Å². The van der Waals surface area contributed by atoms with Crippen molar-refractivity contribution in [2.75, 3.05) is 11.9 Å². The number of carbonyl (C=O) groups excluding carboxylic acids is 2. The van der Waals surface area contributed by atoms with Crippen molar-refractivity contribution in [3.63, 3.8) is 0 Å². The van der Waals surface area contributed by atoms with Gasteiger partial charge in [-0.3, -0.25) is 19.7 Å². The molecular formula is C18H16F3N3O4. The van der Waals surface area contributed by atoms with Crippen LogP contribution >= 0.6 is 0 Å². The molecule has 28 heavy (non-hydrogen) atoms. The van der Waals surface area contributed by atoms with Gasteiger partial charge in [0.15, 0.2) is 0 Å². The molecule has 3 rings (SSSR count). The molecule has 7 nitrogen and oxygen atoms in total. The number of nitrogens with one attached hydrogen (secondary N) is 2. The lowest BCUT2D eigenvalue weighted by Crippen LogP contribution is -2.29. The normalized spacial score (nSPS) is 14.6. The van der Waals surface area contributed by atoms with Crippen LogP contribution in [0.5, 0.6) is 5.75 Å². The molecule has 2 aromatic rings. The van der Waals surface area contributed by atoms with Crippen molar-refractivity contribution in [1.29, 1.82) is 0 Å². The lowest BCUT2D eigenvalue weighted by Gasteiger charge is -2.19. The monoisotopic (exact) mass is 395 g/mol. The maximum absolute atomic E-state index is 12.2. The predicted octanol–water partition coefficient (Wildman–Crippen LogP) is 2.66. The topological polar surface area (TPSA) is 90.9 Å². The van der Waals surface area contributed by atoms with Gasteiger partial charge in [0.1, 0.15) is 5.75 Å². The number of hydroxylamine groups is 1. The second-order valence-electron chi connectivity index (χ2n) is 6.20. The predicted molar refractivity (Wildman–Crippen MR) is 91.6 cm³/mol. The second-order valence-corrected chi connectivity index (χ2v) is 6.20. The molecule has 148 valence electrons. The second kappa shape index (κ2) is 7.87. The molecule has 2 aromatic carbocycles. The number of alkyl halides is 3. The molecule has 0 atom stereocenters. The Morgan fingerprint density at radius 3 is 2.54 bits per heavy atom. The molecule has 1 heterocycles. The number of nitrogens with zero attached hydrogens (tertiary/aromatic N) is 1. The van der Waals surface area contributed by atoms with E-state index in [0.717, 1.165) is 0 Å². The SMILES string of the molecule is O=C1CN(Cc2ccc(OC(F)(F)F)cc2)Cc2cc(C(=O)NO)ccc2N1. The summed E-state index contributed by atoms with van der Waals surface area (Å²) in [5, 5.41) is 11.5. The van der Waals surface area contributed by atoms with E-state index >= 15 is 0 Å². The van der Waals surface area contributed by atoms with E-state index in [2.05, 4.69) is 10.1 Å². The van der Waals surface area contributed by atoms with Crippen molar-refractivity contribution in [2.45, 2.75) is 19.5 Å². The van der Waals surface area contributed by atoms with Crippen molar-refractivity contribution in [3.05, 3.63) is 59.2 Å². The molecule has 0 aromatic heterocycles. The summed E-state index contributed by atoms with van der Waals surface area (Å²) in [5.41, 5.74) is 3.69. The Morgan fingerprint density at radius 2 is 1.89 bits per heavy atom. The van der Waals surface area contributed by atoms with Crippen LogP contribution in [0.15, 0.2) is 42.5 Å². The highest BCUT2D eigenvalue weighted by Crippen LogP contribution is 2.25. The number of rotatable bonds is 4. The van der Waals surface area contributed by atoms with Gasteiger partial charge in [0.2, 0.25) is 5.91 Å². The summed E-state index contributed by atoms with van der Waals surface area (Å²) in [5.74, 6) is -1.25. The summed E-state index contributed by atoms with van der Waals surface area (Å²) in [6.45, 7) is 0.689. The number of carbonyl (C=O) groups is 2. The third-order valence-corrected chi connectivity index (χ3v) is 4.07. The smallest absolute Gasteiger partial charge is 0.406 e. The van der Waals surface area contributed by atoms with Gasteiger partial charge in [0.25, 0.3) is 5.91 Å². The first-order chi connectivity index (χ1) is 13.2.